The Morgan fingerprint density at radius 3 is 2.70 bits per heavy atom. The van der Waals surface area contributed by atoms with Crippen molar-refractivity contribution in [3.63, 3.8) is 0 Å². The van der Waals surface area contributed by atoms with Crippen LogP contribution >= 0.6 is 15.9 Å². The van der Waals surface area contributed by atoms with Crippen LogP contribution in [0.25, 0.3) is 0 Å². The molecule has 1 aliphatic carbocycles. The van der Waals surface area contributed by atoms with Gasteiger partial charge in [0.05, 0.1) is 18.8 Å². The van der Waals surface area contributed by atoms with Crippen LogP contribution in [0.1, 0.15) is 53.7 Å². The monoisotopic (exact) mass is 473 g/mol. The van der Waals surface area contributed by atoms with Gasteiger partial charge in [-0.25, -0.2) is 4.79 Å². The number of carbonyl (C=O) groups is 2. The number of ether oxygens (including phenoxy) is 2. The lowest BCUT2D eigenvalue weighted by molar-refractivity contribution is -0.151. The number of halogens is 1. The fraction of sp³-hybridized carbons (Fsp3) is 0.417. The summed E-state index contributed by atoms with van der Waals surface area (Å²) in [5, 5.41) is 3.03. The first-order valence-electron chi connectivity index (χ1n) is 10.4. The number of para-hydroxylation sites is 1. The minimum Gasteiger partial charge on any atom is -0.492 e. The molecule has 0 heterocycles. The summed E-state index contributed by atoms with van der Waals surface area (Å²) in [6.07, 6.45) is 2.41. The number of benzene rings is 2. The highest BCUT2D eigenvalue weighted by Crippen LogP contribution is 2.33. The van der Waals surface area contributed by atoms with Gasteiger partial charge in [0.25, 0.3) is 5.91 Å². The molecule has 1 unspecified atom stereocenters. The molecular weight excluding hydrogens is 446 g/mol. The highest BCUT2D eigenvalue weighted by molar-refractivity contribution is 9.10. The van der Waals surface area contributed by atoms with Crippen molar-refractivity contribution >= 4 is 27.8 Å². The maximum Gasteiger partial charge on any atom is 0.332 e. The van der Waals surface area contributed by atoms with Crippen molar-refractivity contribution in [3.8, 4) is 5.75 Å². The number of nitrogens with one attached hydrogen (secondary N) is 1. The smallest absolute Gasteiger partial charge is 0.332 e. The van der Waals surface area contributed by atoms with E-state index in [9.17, 15) is 9.59 Å². The fourth-order valence-corrected chi connectivity index (χ4v) is 4.28. The summed E-state index contributed by atoms with van der Waals surface area (Å²) in [5.41, 5.74) is 2.46. The molecule has 0 radical (unpaired) electrons. The molecule has 1 N–H and O–H groups in total. The molecule has 160 valence electrons. The van der Waals surface area contributed by atoms with E-state index in [1.54, 1.807) is 13.0 Å². The average Bonchev–Trinajstić information content (AvgIpc) is 2.73. The summed E-state index contributed by atoms with van der Waals surface area (Å²) in [4.78, 5) is 26.3. The fourth-order valence-electron chi connectivity index (χ4n) is 3.87. The molecule has 1 atom stereocenters. The second-order valence-electron chi connectivity index (χ2n) is 7.65. The Bertz CT molecular complexity index is 943. The Labute approximate surface area is 186 Å². The summed E-state index contributed by atoms with van der Waals surface area (Å²) >= 11 is 3.50. The average molecular weight is 474 g/mol. The standard InChI is InChI=1S/C24H28BrNO4/c1-4-13-30-21-16(3)7-6-8-20(21)22(27)26-24(23(28)29-5-2)12-11-17-14-19(25)10-9-18(17)15-24/h6-10,14H,4-5,11-13,15H2,1-3H3,(H,26,27). The van der Waals surface area contributed by atoms with Gasteiger partial charge in [-0.15, -0.1) is 0 Å². The molecule has 1 aliphatic rings. The lowest BCUT2D eigenvalue weighted by Crippen LogP contribution is -2.58. The number of fused-ring (bicyclic) bond motifs is 1. The quantitative estimate of drug-likeness (QED) is 0.588. The molecular formula is C24H28BrNO4. The lowest BCUT2D eigenvalue weighted by Gasteiger charge is -2.37. The van der Waals surface area contributed by atoms with E-state index in [2.05, 4.69) is 27.3 Å². The van der Waals surface area contributed by atoms with E-state index in [4.69, 9.17) is 9.47 Å². The first-order chi connectivity index (χ1) is 14.4. The number of aryl methyl sites for hydroxylation is 2. The van der Waals surface area contributed by atoms with Gasteiger partial charge < -0.3 is 14.8 Å². The Balaban J connectivity index is 1.94. The van der Waals surface area contributed by atoms with Gasteiger partial charge in [0, 0.05) is 10.9 Å². The Kier molecular flexibility index (Phi) is 7.19. The van der Waals surface area contributed by atoms with E-state index >= 15 is 0 Å². The normalized spacial score (nSPS) is 17.7. The third-order valence-electron chi connectivity index (χ3n) is 5.41. The molecule has 2 aromatic carbocycles. The van der Waals surface area contributed by atoms with Crippen LogP contribution in [0.5, 0.6) is 5.75 Å². The number of amides is 1. The van der Waals surface area contributed by atoms with E-state index in [1.165, 1.54) is 5.56 Å². The molecule has 0 saturated heterocycles. The van der Waals surface area contributed by atoms with Crippen LogP contribution in [0.2, 0.25) is 0 Å². The van der Waals surface area contributed by atoms with E-state index in [0.29, 0.717) is 37.2 Å². The summed E-state index contributed by atoms with van der Waals surface area (Å²) in [7, 11) is 0. The summed E-state index contributed by atoms with van der Waals surface area (Å²) in [5.74, 6) is -0.148. The number of carbonyl (C=O) groups excluding carboxylic acids is 2. The van der Waals surface area contributed by atoms with Gasteiger partial charge in [-0.3, -0.25) is 4.79 Å². The topological polar surface area (TPSA) is 64.6 Å². The second kappa shape index (κ2) is 9.65. The van der Waals surface area contributed by atoms with Crippen LogP contribution < -0.4 is 10.1 Å². The Hall–Kier alpha value is -2.34. The minimum atomic E-state index is -1.10. The largest absolute Gasteiger partial charge is 0.492 e. The molecule has 0 aliphatic heterocycles. The van der Waals surface area contributed by atoms with Crippen LogP contribution in [0.3, 0.4) is 0 Å². The summed E-state index contributed by atoms with van der Waals surface area (Å²) in [6, 6.07) is 11.5. The van der Waals surface area contributed by atoms with Crippen molar-refractivity contribution in [2.75, 3.05) is 13.2 Å². The molecule has 3 rings (SSSR count). The molecule has 1 amide bonds. The maximum absolute atomic E-state index is 13.3. The molecule has 6 heteroatoms. The molecule has 0 aromatic heterocycles. The van der Waals surface area contributed by atoms with Crippen LogP contribution in [0, 0.1) is 6.92 Å². The highest BCUT2D eigenvalue weighted by atomic mass is 79.9. The molecule has 0 bridgehead atoms. The van der Waals surface area contributed by atoms with Gasteiger partial charge in [0.1, 0.15) is 11.3 Å². The van der Waals surface area contributed by atoms with Crippen molar-refractivity contribution in [3.05, 3.63) is 63.1 Å². The van der Waals surface area contributed by atoms with Crippen molar-refractivity contribution in [2.45, 2.75) is 52.0 Å². The van der Waals surface area contributed by atoms with Crippen molar-refractivity contribution in [2.24, 2.45) is 0 Å². The van der Waals surface area contributed by atoms with Crippen LogP contribution in [0.4, 0.5) is 0 Å². The predicted octanol–water partition coefficient (Wildman–Crippen LogP) is 4.77. The summed E-state index contributed by atoms with van der Waals surface area (Å²) in [6.45, 7) is 6.50. The second-order valence-corrected chi connectivity index (χ2v) is 8.56. The predicted molar refractivity (Wildman–Crippen MR) is 120 cm³/mol. The zero-order chi connectivity index (χ0) is 21.7. The van der Waals surface area contributed by atoms with E-state index in [0.717, 1.165) is 22.0 Å². The third-order valence-corrected chi connectivity index (χ3v) is 5.90. The maximum atomic E-state index is 13.3. The van der Waals surface area contributed by atoms with Crippen molar-refractivity contribution in [1.82, 2.24) is 5.32 Å². The van der Waals surface area contributed by atoms with Crippen molar-refractivity contribution < 1.29 is 19.1 Å². The van der Waals surface area contributed by atoms with Crippen LogP contribution in [0.15, 0.2) is 40.9 Å². The molecule has 0 saturated carbocycles. The van der Waals surface area contributed by atoms with E-state index < -0.39 is 11.5 Å². The summed E-state index contributed by atoms with van der Waals surface area (Å²) < 4.78 is 12.2. The molecule has 0 fully saturated rings. The van der Waals surface area contributed by atoms with Crippen molar-refractivity contribution in [1.29, 1.82) is 0 Å². The van der Waals surface area contributed by atoms with E-state index in [-0.39, 0.29) is 12.5 Å². The Morgan fingerprint density at radius 1 is 1.17 bits per heavy atom. The third kappa shape index (κ3) is 4.69. The van der Waals surface area contributed by atoms with Crippen LogP contribution in [-0.2, 0) is 22.4 Å². The molecule has 0 spiro atoms. The minimum absolute atomic E-state index is 0.263. The zero-order valence-electron chi connectivity index (χ0n) is 17.7. The Morgan fingerprint density at radius 2 is 1.97 bits per heavy atom. The number of rotatable bonds is 7. The van der Waals surface area contributed by atoms with Gasteiger partial charge >= 0.3 is 5.97 Å². The first kappa shape index (κ1) is 22.3. The highest BCUT2D eigenvalue weighted by Gasteiger charge is 2.44. The molecule has 5 nitrogen and oxygen atoms in total. The van der Waals surface area contributed by atoms with Gasteiger partial charge in [0.15, 0.2) is 0 Å². The number of hydrogen-bond donors (Lipinski definition) is 1. The molecule has 30 heavy (non-hydrogen) atoms. The van der Waals surface area contributed by atoms with E-state index in [1.807, 2.05) is 38.1 Å². The van der Waals surface area contributed by atoms with Gasteiger partial charge in [-0.05, 0) is 68.0 Å². The van der Waals surface area contributed by atoms with Gasteiger partial charge in [0.2, 0.25) is 0 Å². The first-order valence-corrected chi connectivity index (χ1v) is 11.2. The zero-order valence-corrected chi connectivity index (χ0v) is 19.3. The van der Waals surface area contributed by atoms with Gasteiger partial charge in [-0.2, -0.15) is 0 Å². The number of hydrogen-bond acceptors (Lipinski definition) is 4. The lowest BCUT2D eigenvalue weighted by atomic mass is 9.77. The number of esters is 1. The SMILES string of the molecule is CCCOc1c(C)cccc1C(=O)NC1(C(=O)OCC)CCc2cc(Br)ccc2C1. The molecule has 2 aromatic rings. The van der Waals surface area contributed by atoms with Crippen LogP contribution in [-0.4, -0.2) is 30.6 Å². The van der Waals surface area contributed by atoms with Gasteiger partial charge in [-0.1, -0.05) is 41.1 Å².